The van der Waals surface area contributed by atoms with Crippen molar-refractivity contribution in [3.05, 3.63) is 0 Å². The second-order valence-electron chi connectivity index (χ2n) is 7.57. The predicted octanol–water partition coefficient (Wildman–Crippen LogP) is 2.96. The zero-order valence-electron chi connectivity index (χ0n) is 11.3. The van der Waals surface area contributed by atoms with E-state index in [1.54, 1.807) is 0 Å². The molecule has 0 bridgehead atoms. The maximum absolute atomic E-state index is 5.89. The van der Waals surface area contributed by atoms with Gasteiger partial charge in [-0.2, -0.15) is 0 Å². The molecule has 2 nitrogen and oxygen atoms in total. The molecule has 1 heterocycles. The Morgan fingerprint density at radius 3 is 2.12 bits per heavy atom. The summed E-state index contributed by atoms with van der Waals surface area (Å²) < 4.78 is 5.86. The van der Waals surface area contributed by atoms with E-state index in [0.717, 1.165) is 6.61 Å². The third-order valence-electron chi connectivity index (χ3n) is 4.43. The van der Waals surface area contributed by atoms with Gasteiger partial charge < -0.3 is 10.5 Å². The van der Waals surface area contributed by atoms with Gasteiger partial charge in [0.15, 0.2) is 0 Å². The molecule has 16 heavy (non-hydrogen) atoms. The Bertz CT molecular complexity index is 254. The monoisotopic (exact) mass is 225 g/mol. The summed E-state index contributed by atoms with van der Waals surface area (Å²) in [6.07, 6.45) is 5.39. The van der Waals surface area contributed by atoms with Crippen LogP contribution in [0.3, 0.4) is 0 Å². The van der Waals surface area contributed by atoms with Gasteiger partial charge in [-0.05, 0) is 36.5 Å². The number of rotatable bonds is 1. The molecule has 2 fully saturated rings. The molecule has 2 rings (SSSR count). The van der Waals surface area contributed by atoms with Crippen LogP contribution in [0.25, 0.3) is 0 Å². The smallest absolute Gasteiger partial charge is 0.0754 e. The number of hydrogen-bond donors (Lipinski definition) is 1. The van der Waals surface area contributed by atoms with Gasteiger partial charge in [-0.15, -0.1) is 0 Å². The first-order valence-corrected chi connectivity index (χ1v) is 6.60. The van der Waals surface area contributed by atoms with Crippen molar-refractivity contribution in [1.82, 2.24) is 0 Å². The predicted molar refractivity (Wildman–Crippen MR) is 67.3 cm³/mol. The van der Waals surface area contributed by atoms with Crippen LogP contribution < -0.4 is 5.73 Å². The van der Waals surface area contributed by atoms with Crippen LogP contribution in [0.1, 0.15) is 53.4 Å². The summed E-state index contributed by atoms with van der Waals surface area (Å²) in [5.74, 6) is 0. The fraction of sp³-hybridized carbons (Fsp3) is 1.00. The molecule has 1 aliphatic carbocycles. The van der Waals surface area contributed by atoms with E-state index in [2.05, 4.69) is 27.7 Å². The van der Waals surface area contributed by atoms with E-state index in [0.29, 0.717) is 28.9 Å². The minimum Gasteiger partial charge on any atom is -0.376 e. The summed E-state index contributed by atoms with van der Waals surface area (Å²) >= 11 is 0. The van der Waals surface area contributed by atoms with Crippen LogP contribution in [0.2, 0.25) is 0 Å². The average Bonchev–Trinajstić information content (AvgIpc) is 2.40. The Morgan fingerprint density at radius 2 is 1.62 bits per heavy atom. The molecule has 2 N–H and O–H groups in total. The highest BCUT2D eigenvalue weighted by Crippen LogP contribution is 2.58. The first-order chi connectivity index (χ1) is 7.29. The highest BCUT2D eigenvalue weighted by atomic mass is 16.5. The van der Waals surface area contributed by atoms with Crippen LogP contribution in [-0.4, -0.2) is 19.3 Å². The summed E-state index contributed by atoms with van der Waals surface area (Å²) in [5, 5.41) is 0. The summed E-state index contributed by atoms with van der Waals surface area (Å²) in [6, 6.07) is 0. The Morgan fingerprint density at radius 1 is 1.06 bits per heavy atom. The minimum atomic E-state index is 0.298. The molecule has 1 unspecified atom stereocenters. The van der Waals surface area contributed by atoms with Gasteiger partial charge >= 0.3 is 0 Å². The topological polar surface area (TPSA) is 35.2 Å². The van der Waals surface area contributed by atoms with Gasteiger partial charge in [-0.25, -0.2) is 0 Å². The Balaban J connectivity index is 2.27. The fourth-order valence-corrected chi connectivity index (χ4v) is 4.85. The standard InChI is InChI=1S/C14H27NO/c1-12(2)8-13(3,4)10-14(9-12)5-6-16-11(14)7-15/h11H,5-10,15H2,1-4H3. The Kier molecular flexibility index (Phi) is 2.87. The second kappa shape index (κ2) is 3.71. The maximum atomic E-state index is 5.89. The Labute approximate surface area is 99.9 Å². The summed E-state index contributed by atoms with van der Waals surface area (Å²) in [4.78, 5) is 0. The number of hydrogen-bond acceptors (Lipinski definition) is 2. The highest BCUT2D eigenvalue weighted by molar-refractivity contribution is 5.03. The van der Waals surface area contributed by atoms with E-state index in [1.807, 2.05) is 0 Å². The van der Waals surface area contributed by atoms with Crippen molar-refractivity contribution in [2.75, 3.05) is 13.2 Å². The third kappa shape index (κ3) is 2.14. The molecule has 1 aliphatic heterocycles. The number of nitrogens with two attached hydrogens (primary N) is 1. The van der Waals surface area contributed by atoms with Crippen LogP contribution in [0.5, 0.6) is 0 Å². The third-order valence-corrected chi connectivity index (χ3v) is 4.43. The van der Waals surface area contributed by atoms with Crippen molar-refractivity contribution in [1.29, 1.82) is 0 Å². The zero-order valence-corrected chi connectivity index (χ0v) is 11.3. The van der Waals surface area contributed by atoms with Gasteiger partial charge in [0.25, 0.3) is 0 Å². The molecule has 2 heteroatoms. The lowest BCUT2D eigenvalue weighted by molar-refractivity contribution is -0.0476. The molecule has 1 atom stereocenters. The fourth-order valence-electron chi connectivity index (χ4n) is 4.85. The summed E-state index contributed by atoms with van der Waals surface area (Å²) in [5.41, 5.74) is 7.12. The van der Waals surface area contributed by atoms with Gasteiger partial charge in [0, 0.05) is 18.6 Å². The van der Waals surface area contributed by atoms with Crippen LogP contribution >= 0.6 is 0 Å². The van der Waals surface area contributed by atoms with Gasteiger partial charge in [-0.1, -0.05) is 27.7 Å². The lowest BCUT2D eigenvalue weighted by Gasteiger charge is -2.52. The van der Waals surface area contributed by atoms with Crippen molar-refractivity contribution < 1.29 is 4.74 Å². The molecule has 94 valence electrons. The van der Waals surface area contributed by atoms with E-state index in [1.165, 1.54) is 25.7 Å². The lowest BCUT2D eigenvalue weighted by Crippen LogP contribution is -2.47. The number of ether oxygens (including phenoxy) is 1. The van der Waals surface area contributed by atoms with E-state index < -0.39 is 0 Å². The van der Waals surface area contributed by atoms with Crippen LogP contribution in [0, 0.1) is 16.2 Å². The highest BCUT2D eigenvalue weighted by Gasteiger charge is 2.53. The molecule has 0 radical (unpaired) electrons. The maximum Gasteiger partial charge on any atom is 0.0754 e. The Hall–Kier alpha value is -0.0800. The summed E-state index contributed by atoms with van der Waals surface area (Å²) in [6.45, 7) is 11.2. The van der Waals surface area contributed by atoms with Crippen LogP contribution in [-0.2, 0) is 4.74 Å². The molecule has 0 aromatic carbocycles. The average molecular weight is 225 g/mol. The largest absolute Gasteiger partial charge is 0.376 e. The van der Waals surface area contributed by atoms with Crippen molar-refractivity contribution >= 4 is 0 Å². The molecular formula is C14H27NO. The molecule has 1 spiro atoms. The van der Waals surface area contributed by atoms with Gasteiger partial charge in [0.05, 0.1) is 6.10 Å². The van der Waals surface area contributed by atoms with Crippen LogP contribution in [0.4, 0.5) is 0 Å². The lowest BCUT2D eigenvalue weighted by atomic mass is 9.53. The normalized spacial score (nSPS) is 35.4. The molecular weight excluding hydrogens is 198 g/mol. The van der Waals surface area contributed by atoms with E-state index >= 15 is 0 Å². The second-order valence-corrected chi connectivity index (χ2v) is 7.57. The molecule has 2 aliphatic rings. The molecule has 1 saturated heterocycles. The van der Waals surface area contributed by atoms with E-state index in [9.17, 15) is 0 Å². The van der Waals surface area contributed by atoms with Gasteiger partial charge in [0.2, 0.25) is 0 Å². The van der Waals surface area contributed by atoms with E-state index in [-0.39, 0.29) is 0 Å². The van der Waals surface area contributed by atoms with Crippen molar-refractivity contribution in [3.63, 3.8) is 0 Å². The minimum absolute atomic E-state index is 0.298. The quantitative estimate of drug-likeness (QED) is 0.744. The van der Waals surface area contributed by atoms with Gasteiger partial charge in [0.1, 0.15) is 0 Å². The van der Waals surface area contributed by atoms with Crippen LogP contribution in [0.15, 0.2) is 0 Å². The molecule has 1 saturated carbocycles. The van der Waals surface area contributed by atoms with Gasteiger partial charge in [-0.3, -0.25) is 0 Å². The first kappa shape index (κ1) is 12.4. The molecule has 0 aromatic heterocycles. The molecule has 0 amide bonds. The van der Waals surface area contributed by atoms with Crippen molar-refractivity contribution in [3.8, 4) is 0 Å². The SMILES string of the molecule is CC1(C)CC(C)(C)CC2(CCOC2CN)C1. The van der Waals surface area contributed by atoms with E-state index in [4.69, 9.17) is 10.5 Å². The van der Waals surface area contributed by atoms with Crippen molar-refractivity contribution in [2.24, 2.45) is 22.0 Å². The summed E-state index contributed by atoms with van der Waals surface area (Å²) in [7, 11) is 0. The van der Waals surface area contributed by atoms with Crippen molar-refractivity contribution in [2.45, 2.75) is 59.5 Å². The molecule has 0 aromatic rings. The first-order valence-electron chi connectivity index (χ1n) is 6.60. The zero-order chi connectivity index (χ0) is 12.0.